The third-order valence-corrected chi connectivity index (χ3v) is 3.86. The number of hydrogen-bond acceptors (Lipinski definition) is 5. The normalized spacial score (nSPS) is 10.6. The van der Waals surface area contributed by atoms with Gasteiger partial charge in [0.25, 0.3) is 5.69 Å². The fourth-order valence-corrected chi connectivity index (χ4v) is 2.53. The lowest BCUT2D eigenvalue weighted by Crippen LogP contribution is -1.91. The maximum absolute atomic E-state index is 10.8. The summed E-state index contributed by atoms with van der Waals surface area (Å²) in [5.74, 6) is 0.710. The fraction of sp³-hybridized carbons (Fsp3) is 0.0667. The van der Waals surface area contributed by atoms with Crippen molar-refractivity contribution in [1.29, 1.82) is 0 Å². The van der Waals surface area contributed by atoms with Gasteiger partial charge in [-0.3, -0.25) is 10.1 Å². The van der Waals surface area contributed by atoms with E-state index in [2.05, 4.69) is 26.1 Å². The van der Waals surface area contributed by atoms with Crippen LogP contribution in [0.3, 0.4) is 0 Å². The molecule has 0 radical (unpaired) electrons. The van der Waals surface area contributed by atoms with Crippen LogP contribution in [0.5, 0.6) is 0 Å². The van der Waals surface area contributed by atoms with Crippen molar-refractivity contribution in [2.75, 3.05) is 0 Å². The third kappa shape index (κ3) is 2.62. The van der Waals surface area contributed by atoms with Crippen LogP contribution >= 0.6 is 15.9 Å². The van der Waals surface area contributed by atoms with Crippen LogP contribution in [-0.2, 0) is 0 Å². The minimum atomic E-state index is -0.417. The summed E-state index contributed by atoms with van der Waals surface area (Å²) < 4.78 is 6.52. The summed E-state index contributed by atoms with van der Waals surface area (Å²) in [5, 5.41) is 18.9. The highest BCUT2D eigenvalue weighted by molar-refractivity contribution is 9.10. The van der Waals surface area contributed by atoms with Gasteiger partial charge in [-0.1, -0.05) is 12.1 Å². The van der Waals surface area contributed by atoms with E-state index in [1.165, 1.54) is 6.07 Å². The summed E-state index contributed by atoms with van der Waals surface area (Å²) in [4.78, 5) is 10.4. The minimum absolute atomic E-state index is 0.0642. The lowest BCUT2D eigenvalue weighted by atomic mass is 10.1. The Labute approximate surface area is 134 Å². The average molecular weight is 360 g/mol. The summed E-state index contributed by atoms with van der Waals surface area (Å²) in [6, 6.07) is 12.2. The maximum atomic E-state index is 10.8. The van der Waals surface area contributed by atoms with Gasteiger partial charge < -0.3 is 4.42 Å². The van der Waals surface area contributed by atoms with Gasteiger partial charge in [0.15, 0.2) is 0 Å². The Bertz CT molecular complexity index is 861. The van der Waals surface area contributed by atoms with E-state index >= 15 is 0 Å². The molecule has 0 saturated carbocycles. The van der Waals surface area contributed by atoms with E-state index in [0.717, 1.165) is 10.0 Å². The highest BCUT2D eigenvalue weighted by atomic mass is 79.9. The molecule has 0 N–H and O–H groups in total. The van der Waals surface area contributed by atoms with Gasteiger partial charge in [-0.2, -0.15) is 0 Å². The molecule has 3 rings (SSSR count). The Morgan fingerprint density at radius 2 is 1.86 bits per heavy atom. The quantitative estimate of drug-likeness (QED) is 0.511. The molecule has 0 aliphatic heterocycles. The summed E-state index contributed by atoms with van der Waals surface area (Å²) in [7, 11) is 0. The lowest BCUT2D eigenvalue weighted by Gasteiger charge is -2.00. The summed E-state index contributed by atoms with van der Waals surface area (Å²) in [5.41, 5.74) is 2.05. The number of aryl methyl sites for hydroxylation is 1. The van der Waals surface area contributed by atoms with Gasteiger partial charge in [-0.25, -0.2) is 0 Å². The lowest BCUT2D eigenvalue weighted by molar-refractivity contribution is -0.385. The van der Waals surface area contributed by atoms with Gasteiger partial charge >= 0.3 is 0 Å². The molecule has 2 aromatic carbocycles. The smallest absolute Gasteiger partial charge is 0.272 e. The molecule has 110 valence electrons. The molecule has 1 heterocycles. The molecule has 6 nitrogen and oxygen atoms in total. The van der Waals surface area contributed by atoms with Gasteiger partial charge in [0, 0.05) is 21.7 Å². The van der Waals surface area contributed by atoms with Crippen LogP contribution in [0, 0.1) is 17.0 Å². The van der Waals surface area contributed by atoms with Gasteiger partial charge in [-0.05, 0) is 47.1 Å². The van der Waals surface area contributed by atoms with Crippen molar-refractivity contribution in [3.8, 4) is 22.9 Å². The van der Waals surface area contributed by atoms with E-state index in [1.807, 2.05) is 24.3 Å². The largest absolute Gasteiger partial charge is 0.416 e. The molecule has 0 unspecified atom stereocenters. The molecular formula is C15H10BrN3O3. The van der Waals surface area contributed by atoms with E-state index < -0.39 is 4.92 Å². The van der Waals surface area contributed by atoms with E-state index in [4.69, 9.17) is 4.42 Å². The van der Waals surface area contributed by atoms with E-state index in [-0.39, 0.29) is 5.69 Å². The first-order chi connectivity index (χ1) is 10.6. The van der Waals surface area contributed by atoms with Crippen LogP contribution in [0.4, 0.5) is 5.69 Å². The number of nitro groups is 1. The Morgan fingerprint density at radius 1 is 1.14 bits per heavy atom. The van der Waals surface area contributed by atoms with Crippen LogP contribution < -0.4 is 0 Å². The number of hydrogen-bond donors (Lipinski definition) is 0. The minimum Gasteiger partial charge on any atom is -0.416 e. The summed E-state index contributed by atoms with van der Waals surface area (Å²) in [6.45, 7) is 1.67. The molecular weight excluding hydrogens is 350 g/mol. The predicted octanol–water partition coefficient (Wildman–Crippen LogP) is 4.38. The number of aromatic nitrogens is 2. The second kappa shape index (κ2) is 5.69. The molecule has 22 heavy (non-hydrogen) atoms. The predicted molar refractivity (Wildman–Crippen MR) is 84.3 cm³/mol. The summed E-state index contributed by atoms with van der Waals surface area (Å²) >= 11 is 3.43. The molecule has 3 aromatic rings. The molecule has 0 amide bonds. The van der Waals surface area contributed by atoms with Crippen molar-refractivity contribution in [1.82, 2.24) is 10.2 Å². The SMILES string of the molecule is Cc1cc(-c2nnc(-c3ccccc3Br)o2)ccc1[N+](=O)[O-]. The van der Waals surface area contributed by atoms with Crippen molar-refractivity contribution < 1.29 is 9.34 Å². The Kier molecular flexibility index (Phi) is 3.72. The van der Waals surface area contributed by atoms with Crippen molar-refractivity contribution in [3.63, 3.8) is 0 Å². The number of benzene rings is 2. The highest BCUT2D eigenvalue weighted by Gasteiger charge is 2.16. The Hall–Kier alpha value is -2.54. The molecule has 0 atom stereocenters. The van der Waals surface area contributed by atoms with Crippen LogP contribution in [0.15, 0.2) is 51.4 Å². The van der Waals surface area contributed by atoms with Crippen molar-refractivity contribution in [2.24, 2.45) is 0 Å². The van der Waals surface area contributed by atoms with Crippen molar-refractivity contribution >= 4 is 21.6 Å². The second-order valence-electron chi connectivity index (χ2n) is 4.65. The van der Waals surface area contributed by atoms with Crippen LogP contribution in [0.25, 0.3) is 22.9 Å². The van der Waals surface area contributed by atoms with Crippen LogP contribution in [0.1, 0.15) is 5.56 Å². The number of nitro benzene ring substituents is 1. The Balaban J connectivity index is 1.99. The standard InChI is InChI=1S/C15H10BrN3O3/c1-9-8-10(6-7-13(9)19(20)21)14-17-18-15(22-14)11-4-2-3-5-12(11)16/h2-8H,1H3. The van der Waals surface area contributed by atoms with Gasteiger partial charge in [0.1, 0.15) is 0 Å². The van der Waals surface area contributed by atoms with E-state index in [1.54, 1.807) is 19.1 Å². The Morgan fingerprint density at radius 3 is 2.55 bits per heavy atom. The molecule has 1 aromatic heterocycles. The molecule has 0 fully saturated rings. The van der Waals surface area contributed by atoms with Crippen molar-refractivity contribution in [2.45, 2.75) is 6.92 Å². The third-order valence-electron chi connectivity index (χ3n) is 3.17. The molecule has 0 aliphatic rings. The zero-order valence-electron chi connectivity index (χ0n) is 11.5. The first-order valence-electron chi connectivity index (χ1n) is 6.40. The van der Waals surface area contributed by atoms with Gasteiger partial charge in [0.2, 0.25) is 11.8 Å². The zero-order chi connectivity index (χ0) is 15.7. The van der Waals surface area contributed by atoms with E-state index in [9.17, 15) is 10.1 Å². The summed E-state index contributed by atoms with van der Waals surface area (Å²) in [6.07, 6.45) is 0. The molecule has 0 saturated heterocycles. The van der Waals surface area contributed by atoms with E-state index in [0.29, 0.717) is 22.9 Å². The van der Waals surface area contributed by atoms with Crippen LogP contribution in [-0.4, -0.2) is 15.1 Å². The van der Waals surface area contributed by atoms with Crippen LogP contribution in [0.2, 0.25) is 0 Å². The monoisotopic (exact) mass is 359 g/mol. The fourth-order valence-electron chi connectivity index (χ4n) is 2.08. The first kappa shape index (κ1) is 14.4. The average Bonchev–Trinajstić information content (AvgIpc) is 2.97. The van der Waals surface area contributed by atoms with Gasteiger partial charge in [0.05, 0.1) is 10.5 Å². The topological polar surface area (TPSA) is 82.1 Å². The molecule has 0 bridgehead atoms. The first-order valence-corrected chi connectivity index (χ1v) is 7.19. The molecule has 0 aliphatic carbocycles. The molecule has 7 heteroatoms. The molecule has 0 spiro atoms. The zero-order valence-corrected chi connectivity index (χ0v) is 13.1. The van der Waals surface area contributed by atoms with Gasteiger partial charge in [-0.15, -0.1) is 10.2 Å². The highest BCUT2D eigenvalue weighted by Crippen LogP contribution is 2.30. The number of rotatable bonds is 3. The number of nitrogens with zero attached hydrogens (tertiary/aromatic N) is 3. The maximum Gasteiger partial charge on any atom is 0.272 e. The number of halogens is 1. The second-order valence-corrected chi connectivity index (χ2v) is 5.50. The van der Waals surface area contributed by atoms with Crippen molar-refractivity contribution in [3.05, 3.63) is 62.6 Å².